The molecule has 0 aliphatic rings. The summed E-state index contributed by atoms with van der Waals surface area (Å²) in [6, 6.07) is 7.86. The number of methoxy groups -OCH3 is 1. The fourth-order valence-corrected chi connectivity index (χ4v) is 2.26. The SMILES string of the molecule is COc1cccc(-n2ncc(CCl)c2C(C)C)c1. The highest BCUT2D eigenvalue weighted by Crippen LogP contribution is 2.25. The average molecular weight is 265 g/mol. The van der Waals surface area contributed by atoms with Crippen LogP contribution in [-0.2, 0) is 5.88 Å². The Kier molecular flexibility index (Phi) is 3.92. The number of benzene rings is 1. The fourth-order valence-electron chi connectivity index (χ4n) is 2.06. The molecule has 1 aromatic carbocycles. The summed E-state index contributed by atoms with van der Waals surface area (Å²) >= 11 is 5.96. The topological polar surface area (TPSA) is 27.1 Å². The van der Waals surface area contributed by atoms with Gasteiger partial charge in [0.1, 0.15) is 5.75 Å². The van der Waals surface area contributed by atoms with Crippen molar-refractivity contribution in [2.24, 2.45) is 0 Å². The van der Waals surface area contributed by atoms with Gasteiger partial charge >= 0.3 is 0 Å². The molecule has 0 spiro atoms. The van der Waals surface area contributed by atoms with Crippen LogP contribution >= 0.6 is 11.6 Å². The lowest BCUT2D eigenvalue weighted by Gasteiger charge is -2.12. The fraction of sp³-hybridized carbons (Fsp3) is 0.357. The molecule has 0 saturated heterocycles. The number of rotatable bonds is 4. The van der Waals surface area contributed by atoms with Gasteiger partial charge in [-0.15, -0.1) is 11.6 Å². The summed E-state index contributed by atoms with van der Waals surface area (Å²) in [6.45, 7) is 4.29. The summed E-state index contributed by atoms with van der Waals surface area (Å²) in [5.41, 5.74) is 3.22. The van der Waals surface area contributed by atoms with Gasteiger partial charge in [-0.2, -0.15) is 5.10 Å². The molecule has 2 rings (SSSR count). The van der Waals surface area contributed by atoms with Gasteiger partial charge in [-0.25, -0.2) is 4.68 Å². The van der Waals surface area contributed by atoms with Crippen LogP contribution in [0.2, 0.25) is 0 Å². The molecule has 0 aliphatic carbocycles. The van der Waals surface area contributed by atoms with Crippen molar-refractivity contribution in [3.8, 4) is 11.4 Å². The third kappa shape index (κ3) is 2.36. The molecule has 0 unspecified atom stereocenters. The zero-order valence-corrected chi connectivity index (χ0v) is 11.6. The lowest BCUT2D eigenvalue weighted by Crippen LogP contribution is -2.05. The zero-order valence-electron chi connectivity index (χ0n) is 10.9. The van der Waals surface area contributed by atoms with Crippen molar-refractivity contribution in [1.29, 1.82) is 0 Å². The number of halogens is 1. The molecule has 0 atom stereocenters. The molecule has 1 heterocycles. The van der Waals surface area contributed by atoms with Crippen LogP contribution in [0.25, 0.3) is 5.69 Å². The summed E-state index contributed by atoms with van der Waals surface area (Å²) in [5.74, 6) is 1.68. The molecule has 96 valence electrons. The summed E-state index contributed by atoms with van der Waals surface area (Å²) in [4.78, 5) is 0. The molecule has 1 aromatic heterocycles. The number of hydrogen-bond donors (Lipinski definition) is 0. The van der Waals surface area contributed by atoms with E-state index in [1.54, 1.807) is 7.11 Å². The molecule has 0 fully saturated rings. The van der Waals surface area contributed by atoms with Gasteiger partial charge in [0.2, 0.25) is 0 Å². The summed E-state index contributed by atoms with van der Waals surface area (Å²) in [7, 11) is 1.66. The first kappa shape index (κ1) is 13.0. The largest absolute Gasteiger partial charge is 0.497 e. The molecule has 2 aromatic rings. The van der Waals surface area contributed by atoms with E-state index < -0.39 is 0 Å². The third-order valence-electron chi connectivity index (χ3n) is 2.87. The van der Waals surface area contributed by atoms with Crippen molar-refractivity contribution in [3.63, 3.8) is 0 Å². The summed E-state index contributed by atoms with van der Waals surface area (Å²) in [5, 5.41) is 4.43. The van der Waals surface area contributed by atoms with E-state index >= 15 is 0 Å². The number of hydrogen-bond acceptors (Lipinski definition) is 2. The van der Waals surface area contributed by atoms with Crippen LogP contribution in [0, 0.1) is 0 Å². The Hall–Kier alpha value is -1.48. The molecule has 4 heteroatoms. The monoisotopic (exact) mass is 264 g/mol. The minimum absolute atomic E-state index is 0.368. The molecular weight excluding hydrogens is 248 g/mol. The molecule has 3 nitrogen and oxygen atoms in total. The van der Waals surface area contributed by atoms with E-state index in [9.17, 15) is 0 Å². The van der Waals surface area contributed by atoms with Crippen LogP contribution in [0.5, 0.6) is 5.75 Å². The van der Waals surface area contributed by atoms with Crippen LogP contribution in [0.3, 0.4) is 0 Å². The first-order valence-corrected chi connectivity index (χ1v) is 6.48. The predicted octanol–water partition coefficient (Wildman–Crippen LogP) is 3.74. The van der Waals surface area contributed by atoms with Gasteiger partial charge in [-0.3, -0.25) is 0 Å². The quantitative estimate of drug-likeness (QED) is 0.787. The second kappa shape index (κ2) is 5.44. The molecule has 0 bridgehead atoms. The Labute approximate surface area is 112 Å². The van der Waals surface area contributed by atoms with Crippen molar-refractivity contribution >= 4 is 11.6 Å². The van der Waals surface area contributed by atoms with E-state index in [-0.39, 0.29) is 0 Å². The van der Waals surface area contributed by atoms with Gasteiger partial charge in [-0.1, -0.05) is 19.9 Å². The maximum atomic E-state index is 5.96. The lowest BCUT2D eigenvalue weighted by atomic mass is 10.1. The van der Waals surface area contributed by atoms with Gasteiger partial charge in [0.25, 0.3) is 0 Å². The second-order valence-corrected chi connectivity index (χ2v) is 4.72. The molecule has 0 aliphatic heterocycles. The van der Waals surface area contributed by atoms with E-state index in [1.165, 1.54) is 0 Å². The number of aromatic nitrogens is 2. The van der Waals surface area contributed by atoms with Gasteiger partial charge in [0.15, 0.2) is 0 Å². The Bertz CT molecular complexity index is 534. The minimum atomic E-state index is 0.368. The van der Waals surface area contributed by atoms with E-state index in [0.717, 1.165) is 22.7 Å². The summed E-state index contributed by atoms with van der Waals surface area (Å²) in [6.07, 6.45) is 1.84. The van der Waals surface area contributed by atoms with E-state index in [4.69, 9.17) is 16.3 Å². The van der Waals surface area contributed by atoms with Crippen molar-refractivity contribution in [2.45, 2.75) is 25.6 Å². The highest BCUT2D eigenvalue weighted by atomic mass is 35.5. The molecule has 0 saturated carbocycles. The Morgan fingerprint density at radius 2 is 2.17 bits per heavy atom. The first-order chi connectivity index (χ1) is 8.67. The van der Waals surface area contributed by atoms with Gasteiger partial charge < -0.3 is 4.74 Å². The normalized spacial score (nSPS) is 10.9. The Morgan fingerprint density at radius 1 is 1.39 bits per heavy atom. The molecule has 0 N–H and O–H groups in total. The van der Waals surface area contributed by atoms with Crippen molar-refractivity contribution in [2.75, 3.05) is 7.11 Å². The minimum Gasteiger partial charge on any atom is -0.497 e. The number of ether oxygens (including phenoxy) is 1. The van der Waals surface area contributed by atoms with Gasteiger partial charge in [-0.05, 0) is 18.1 Å². The van der Waals surface area contributed by atoms with Crippen LogP contribution < -0.4 is 4.74 Å². The zero-order chi connectivity index (χ0) is 13.1. The first-order valence-electron chi connectivity index (χ1n) is 5.94. The van der Waals surface area contributed by atoms with Crippen molar-refractivity contribution in [1.82, 2.24) is 9.78 Å². The molecule has 0 radical (unpaired) electrons. The maximum Gasteiger partial charge on any atom is 0.121 e. The van der Waals surface area contributed by atoms with Gasteiger partial charge in [0, 0.05) is 11.6 Å². The van der Waals surface area contributed by atoms with E-state index in [1.807, 2.05) is 35.1 Å². The van der Waals surface area contributed by atoms with Crippen LogP contribution in [-0.4, -0.2) is 16.9 Å². The second-order valence-electron chi connectivity index (χ2n) is 4.46. The Morgan fingerprint density at radius 3 is 2.78 bits per heavy atom. The smallest absolute Gasteiger partial charge is 0.121 e. The highest BCUT2D eigenvalue weighted by Gasteiger charge is 2.15. The van der Waals surface area contributed by atoms with Crippen LogP contribution in [0.1, 0.15) is 31.0 Å². The third-order valence-corrected chi connectivity index (χ3v) is 3.16. The van der Waals surface area contributed by atoms with Crippen molar-refractivity contribution < 1.29 is 4.74 Å². The van der Waals surface area contributed by atoms with Crippen molar-refractivity contribution in [3.05, 3.63) is 41.7 Å². The predicted molar refractivity (Wildman–Crippen MR) is 73.8 cm³/mol. The summed E-state index contributed by atoms with van der Waals surface area (Å²) < 4.78 is 7.18. The highest BCUT2D eigenvalue weighted by molar-refractivity contribution is 6.17. The number of nitrogens with zero attached hydrogens (tertiary/aromatic N) is 2. The Balaban J connectivity index is 2.52. The number of alkyl halides is 1. The maximum absolute atomic E-state index is 5.96. The van der Waals surface area contributed by atoms with Gasteiger partial charge in [0.05, 0.1) is 30.6 Å². The molecular formula is C14H17ClN2O. The molecule has 0 amide bonds. The average Bonchev–Trinajstić information content (AvgIpc) is 2.82. The van der Waals surface area contributed by atoms with Crippen LogP contribution in [0.15, 0.2) is 30.5 Å². The standard InChI is InChI=1S/C14H17ClN2O/c1-10(2)14-11(8-15)9-16-17(14)12-5-4-6-13(7-12)18-3/h4-7,9-10H,8H2,1-3H3. The lowest BCUT2D eigenvalue weighted by molar-refractivity contribution is 0.414. The van der Waals surface area contributed by atoms with E-state index in [0.29, 0.717) is 11.8 Å². The molecule has 18 heavy (non-hydrogen) atoms. The van der Waals surface area contributed by atoms with Crippen LogP contribution in [0.4, 0.5) is 0 Å². The van der Waals surface area contributed by atoms with E-state index in [2.05, 4.69) is 18.9 Å².